The topological polar surface area (TPSA) is 50.2 Å². The highest BCUT2D eigenvalue weighted by atomic mass is 32.2. The molecule has 6 heteroatoms. The van der Waals surface area contributed by atoms with Crippen LogP contribution in [0.3, 0.4) is 0 Å². The Balaban J connectivity index is 1.99. The van der Waals surface area contributed by atoms with E-state index in [4.69, 9.17) is 10.2 Å². The van der Waals surface area contributed by atoms with E-state index in [9.17, 15) is 0 Å². The summed E-state index contributed by atoms with van der Waals surface area (Å²) in [4.78, 5) is 3.22. The van der Waals surface area contributed by atoms with Crippen LogP contribution in [0.15, 0.2) is 41.6 Å². The van der Waals surface area contributed by atoms with Gasteiger partial charge in [-0.1, -0.05) is 12.1 Å². The summed E-state index contributed by atoms with van der Waals surface area (Å²) in [6, 6.07) is 8.09. The number of hydrogen-bond acceptors (Lipinski definition) is 6. The molecule has 0 spiro atoms. The second-order valence-corrected chi connectivity index (χ2v) is 6.25. The molecule has 0 saturated carbocycles. The molecule has 120 valence electrons. The van der Waals surface area contributed by atoms with Crippen LogP contribution in [0.1, 0.15) is 12.5 Å². The van der Waals surface area contributed by atoms with E-state index >= 15 is 0 Å². The zero-order valence-electron chi connectivity index (χ0n) is 13.0. The summed E-state index contributed by atoms with van der Waals surface area (Å²) in [6.07, 6.45) is 6.17. The zero-order valence-corrected chi connectivity index (χ0v) is 13.8. The Hall–Kier alpha value is -1.63. The maximum absolute atomic E-state index is 9.08. The van der Waals surface area contributed by atoms with E-state index in [2.05, 4.69) is 23.6 Å². The second-order valence-electron chi connectivity index (χ2n) is 5.05. The molecule has 5 nitrogen and oxygen atoms in total. The molecule has 1 aromatic rings. The van der Waals surface area contributed by atoms with Crippen LogP contribution in [-0.2, 0) is 0 Å². The molecule has 0 aliphatic carbocycles. The predicted molar refractivity (Wildman–Crippen MR) is 92.8 cm³/mol. The molecule has 0 amide bonds. The Morgan fingerprint density at radius 2 is 1.77 bits per heavy atom. The Morgan fingerprint density at radius 1 is 1.14 bits per heavy atom. The average molecular weight is 321 g/mol. The van der Waals surface area contributed by atoms with Crippen molar-refractivity contribution in [2.45, 2.75) is 6.92 Å². The minimum atomic E-state index is 0.0759. The number of nitrogens with zero attached hydrogens (tertiary/aromatic N) is 3. The van der Waals surface area contributed by atoms with E-state index in [0.717, 1.165) is 11.3 Å². The molecule has 0 bridgehead atoms. The summed E-state index contributed by atoms with van der Waals surface area (Å²) >= 11 is 1.68. The minimum absolute atomic E-state index is 0.0759. The zero-order chi connectivity index (χ0) is 15.9. The van der Waals surface area contributed by atoms with Crippen LogP contribution < -0.4 is 4.90 Å². The van der Waals surface area contributed by atoms with E-state index in [1.54, 1.807) is 11.9 Å². The summed E-state index contributed by atoms with van der Waals surface area (Å²) in [6.45, 7) is 3.28. The fraction of sp³-hybridized carbons (Fsp3) is 0.375. The predicted octanol–water partition coefficient (Wildman–Crippen LogP) is 2.12. The Bertz CT molecular complexity index is 525. The number of anilines is 1. The smallest absolute Gasteiger partial charge is 0.0606 e. The summed E-state index contributed by atoms with van der Waals surface area (Å²) < 4.78 is 2.06. The lowest BCUT2D eigenvalue weighted by atomic mass is 10.2. The molecule has 1 aromatic carbocycles. The van der Waals surface area contributed by atoms with Crippen molar-refractivity contribution in [3.05, 3.63) is 47.1 Å². The van der Waals surface area contributed by atoms with Gasteiger partial charge < -0.3 is 15.1 Å². The van der Waals surface area contributed by atoms with Gasteiger partial charge in [0.1, 0.15) is 0 Å². The molecular weight excluding hydrogens is 298 g/mol. The number of aliphatic hydroxyl groups is 2. The highest BCUT2D eigenvalue weighted by Gasteiger charge is 2.13. The van der Waals surface area contributed by atoms with Gasteiger partial charge >= 0.3 is 0 Å². The second kappa shape index (κ2) is 8.12. The summed E-state index contributed by atoms with van der Waals surface area (Å²) in [5.41, 5.74) is 2.11. The van der Waals surface area contributed by atoms with Crippen molar-refractivity contribution in [1.29, 1.82) is 0 Å². The van der Waals surface area contributed by atoms with Gasteiger partial charge in [-0.2, -0.15) is 0 Å². The van der Waals surface area contributed by atoms with Crippen molar-refractivity contribution in [1.82, 2.24) is 9.42 Å². The Labute approximate surface area is 136 Å². The van der Waals surface area contributed by atoms with Crippen LogP contribution >= 0.6 is 11.9 Å². The van der Waals surface area contributed by atoms with E-state index in [1.165, 1.54) is 4.91 Å². The van der Waals surface area contributed by atoms with Crippen LogP contribution in [0.25, 0.3) is 6.08 Å². The van der Waals surface area contributed by atoms with Gasteiger partial charge in [0.15, 0.2) is 0 Å². The SMILES string of the molecule is CC1=CN(C)N(C=Cc2ccc(N(CCO)CCO)cc2)S1. The molecule has 1 aliphatic heterocycles. The van der Waals surface area contributed by atoms with Crippen molar-refractivity contribution in [3.63, 3.8) is 0 Å². The maximum atomic E-state index is 9.08. The third kappa shape index (κ3) is 4.43. The van der Waals surface area contributed by atoms with E-state index < -0.39 is 0 Å². The molecule has 0 radical (unpaired) electrons. The molecule has 0 aromatic heterocycles. The van der Waals surface area contributed by atoms with Gasteiger partial charge in [0.25, 0.3) is 0 Å². The summed E-state index contributed by atoms with van der Waals surface area (Å²) in [7, 11) is 2.01. The highest BCUT2D eigenvalue weighted by molar-refractivity contribution is 8.01. The van der Waals surface area contributed by atoms with Gasteiger partial charge in [-0.25, -0.2) is 4.41 Å². The van der Waals surface area contributed by atoms with Crippen molar-refractivity contribution in [2.24, 2.45) is 0 Å². The average Bonchev–Trinajstić information content (AvgIpc) is 2.83. The molecular formula is C16H23N3O2S. The van der Waals surface area contributed by atoms with Crippen LogP contribution in [0.4, 0.5) is 5.69 Å². The normalized spacial score (nSPS) is 14.8. The first-order valence-corrected chi connectivity index (χ1v) is 8.04. The summed E-state index contributed by atoms with van der Waals surface area (Å²) in [5, 5.41) is 20.2. The number of benzene rings is 1. The van der Waals surface area contributed by atoms with E-state index in [0.29, 0.717) is 13.1 Å². The molecule has 0 fully saturated rings. The van der Waals surface area contributed by atoms with Crippen LogP contribution in [0.2, 0.25) is 0 Å². The van der Waals surface area contributed by atoms with Gasteiger partial charge in [0.05, 0.1) is 13.2 Å². The molecule has 1 aliphatic rings. The van der Waals surface area contributed by atoms with Crippen LogP contribution in [0.5, 0.6) is 0 Å². The first-order valence-electron chi connectivity index (χ1n) is 7.27. The molecule has 2 N–H and O–H groups in total. The van der Waals surface area contributed by atoms with Crippen LogP contribution in [-0.4, -0.2) is 53.0 Å². The van der Waals surface area contributed by atoms with Gasteiger partial charge in [0.2, 0.25) is 0 Å². The standard InChI is InChI=1S/C16H23N3O2S/c1-14-13-17(2)19(22-14)8-7-15-3-5-16(6-4-15)18(9-11-20)10-12-21/h3-8,13,20-21H,9-12H2,1-2H3. The fourth-order valence-corrected chi connectivity index (χ4v) is 3.04. The van der Waals surface area contributed by atoms with Gasteiger partial charge in [-0.3, -0.25) is 5.01 Å². The van der Waals surface area contributed by atoms with E-state index in [1.807, 2.05) is 47.4 Å². The largest absolute Gasteiger partial charge is 0.395 e. The lowest BCUT2D eigenvalue weighted by Gasteiger charge is -2.23. The van der Waals surface area contributed by atoms with Crippen LogP contribution in [0, 0.1) is 0 Å². The van der Waals surface area contributed by atoms with E-state index in [-0.39, 0.29) is 13.2 Å². The van der Waals surface area contributed by atoms with Gasteiger partial charge in [-0.05, 0) is 30.7 Å². The van der Waals surface area contributed by atoms with Crippen molar-refractivity contribution >= 4 is 23.7 Å². The first-order chi connectivity index (χ1) is 10.6. The Morgan fingerprint density at radius 3 is 2.27 bits per heavy atom. The lowest BCUT2D eigenvalue weighted by Crippen LogP contribution is -2.29. The van der Waals surface area contributed by atoms with Crippen molar-refractivity contribution in [3.8, 4) is 0 Å². The lowest BCUT2D eigenvalue weighted by molar-refractivity contribution is 0.249. The van der Waals surface area contributed by atoms with Gasteiger partial charge in [-0.15, -0.1) is 0 Å². The molecule has 0 saturated heterocycles. The number of hydrogen-bond donors (Lipinski definition) is 2. The van der Waals surface area contributed by atoms with Crippen molar-refractivity contribution in [2.75, 3.05) is 38.3 Å². The number of hydrazine groups is 1. The van der Waals surface area contributed by atoms with Gasteiger partial charge in [0, 0.05) is 55.1 Å². The highest BCUT2D eigenvalue weighted by Crippen LogP contribution is 2.30. The first kappa shape index (κ1) is 16.7. The Kier molecular flexibility index (Phi) is 6.18. The number of allylic oxidation sites excluding steroid dienone is 1. The molecule has 0 unspecified atom stereocenters. The number of rotatable bonds is 7. The monoisotopic (exact) mass is 321 g/mol. The molecule has 1 heterocycles. The summed E-state index contributed by atoms with van der Waals surface area (Å²) in [5.74, 6) is 0. The quantitative estimate of drug-likeness (QED) is 0.750. The van der Waals surface area contributed by atoms with Crippen molar-refractivity contribution < 1.29 is 10.2 Å². The minimum Gasteiger partial charge on any atom is -0.395 e. The molecule has 0 atom stereocenters. The fourth-order valence-electron chi connectivity index (χ4n) is 2.25. The molecule has 2 rings (SSSR count). The number of aliphatic hydroxyl groups excluding tert-OH is 2. The maximum Gasteiger partial charge on any atom is 0.0606 e. The molecule has 22 heavy (non-hydrogen) atoms. The third-order valence-electron chi connectivity index (χ3n) is 3.31. The third-order valence-corrected chi connectivity index (χ3v) is 4.27.